The van der Waals surface area contributed by atoms with Crippen molar-refractivity contribution < 1.29 is 4.79 Å². The monoisotopic (exact) mass is 421 g/mol. The minimum atomic E-state index is -0.271. The van der Waals surface area contributed by atoms with Crippen LogP contribution in [0.1, 0.15) is 5.56 Å². The van der Waals surface area contributed by atoms with E-state index in [1.165, 1.54) is 0 Å². The summed E-state index contributed by atoms with van der Waals surface area (Å²) in [6, 6.07) is 24.5. The molecule has 2 aromatic carbocycles. The number of aromatic nitrogens is 5. The number of pyridine rings is 1. The summed E-state index contributed by atoms with van der Waals surface area (Å²) in [5.41, 5.74) is 4.77. The first-order chi connectivity index (χ1) is 15.8. The molecule has 0 aliphatic rings. The maximum absolute atomic E-state index is 12.3. The molecule has 0 unspecified atom stereocenters. The van der Waals surface area contributed by atoms with Gasteiger partial charge < -0.3 is 10.6 Å². The molecule has 5 aromatic rings. The smallest absolute Gasteiger partial charge is 0.319 e. The molecule has 2 amide bonds. The highest BCUT2D eigenvalue weighted by Crippen LogP contribution is 2.23. The van der Waals surface area contributed by atoms with E-state index in [2.05, 4.69) is 25.8 Å². The summed E-state index contributed by atoms with van der Waals surface area (Å²) < 4.78 is 1.69. The second-order valence-corrected chi connectivity index (χ2v) is 7.13. The van der Waals surface area contributed by atoms with Gasteiger partial charge in [0.15, 0.2) is 11.5 Å². The van der Waals surface area contributed by atoms with Crippen LogP contribution in [-0.2, 0) is 6.54 Å². The predicted octanol–water partition coefficient (Wildman–Crippen LogP) is 4.18. The molecule has 0 atom stereocenters. The molecule has 0 aliphatic heterocycles. The summed E-state index contributed by atoms with van der Waals surface area (Å²) in [5, 5.41) is 18.9. The quantitative estimate of drug-likeness (QED) is 0.444. The lowest BCUT2D eigenvalue weighted by molar-refractivity contribution is 0.251. The van der Waals surface area contributed by atoms with E-state index >= 15 is 0 Å². The normalized spacial score (nSPS) is 10.8. The number of hydrogen-bond donors (Lipinski definition) is 2. The van der Waals surface area contributed by atoms with Gasteiger partial charge >= 0.3 is 6.03 Å². The number of urea groups is 1. The van der Waals surface area contributed by atoms with E-state index in [0.717, 1.165) is 22.4 Å². The molecular weight excluding hydrogens is 402 g/mol. The molecule has 0 saturated heterocycles. The maximum Gasteiger partial charge on any atom is 0.319 e. The number of nitrogens with zero attached hydrogens (tertiary/aromatic N) is 5. The molecule has 156 valence electrons. The van der Waals surface area contributed by atoms with Crippen molar-refractivity contribution >= 4 is 17.4 Å². The van der Waals surface area contributed by atoms with Gasteiger partial charge in [-0.2, -0.15) is 9.61 Å². The zero-order valence-electron chi connectivity index (χ0n) is 17.0. The van der Waals surface area contributed by atoms with Crippen LogP contribution in [0.5, 0.6) is 0 Å². The largest absolute Gasteiger partial charge is 0.334 e. The maximum atomic E-state index is 12.3. The summed E-state index contributed by atoms with van der Waals surface area (Å²) in [6.45, 7) is 0.454. The molecule has 0 aliphatic carbocycles. The van der Waals surface area contributed by atoms with Crippen molar-refractivity contribution in [3.63, 3.8) is 0 Å². The number of carbonyl (C=O) groups excluding carboxylic acids is 1. The first kappa shape index (κ1) is 19.4. The Kier molecular flexibility index (Phi) is 5.24. The minimum Gasteiger partial charge on any atom is -0.334 e. The lowest BCUT2D eigenvalue weighted by Crippen LogP contribution is -2.28. The molecular formula is C24H19N7O. The van der Waals surface area contributed by atoms with Crippen molar-refractivity contribution in [1.82, 2.24) is 30.1 Å². The van der Waals surface area contributed by atoms with Crippen molar-refractivity contribution in [2.24, 2.45) is 0 Å². The van der Waals surface area contributed by atoms with Gasteiger partial charge in [-0.15, -0.1) is 10.2 Å². The molecule has 0 bridgehead atoms. The zero-order valence-corrected chi connectivity index (χ0v) is 17.0. The third-order valence-corrected chi connectivity index (χ3v) is 4.89. The number of anilines is 1. The Hall–Kier alpha value is -4.59. The molecule has 0 spiro atoms. The van der Waals surface area contributed by atoms with Crippen molar-refractivity contribution in [2.75, 3.05) is 5.32 Å². The van der Waals surface area contributed by atoms with Gasteiger partial charge in [-0.05, 0) is 42.0 Å². The van der Waals surface area contributed by atoms with Gasteiger partial charge in [-0.25, -0.2) is 4.79 Å². The Balaban J connectivity index is 1.36. The molecule has 3 aromatic heterocycles. The molecule has 8 heteroatoms. The fraction of sp³-hybridized carbons (Fsp3) is 0.0417. The first-order valence-corrected chi connectivity index (χ1v) is 10.1. The van der Waals surface area contributed by atoms with E-state index < -0.39 is 0 Å². The number of hydrogen-bond acceptors (Lipinski definition) is 5. The molecule has 0 saturated carbocycles. The third-order valence-electron chi connectivity index (χ3n) is 4.89. The number of rotatable bonds is 5. The van der Waals surface area contributed by atoms with Crippen LogP contribution < -0.4 is 10.6 Å². The fourth-order valence-corrected chi connectivity index (χ4v) is 3.33. The van der Waals surface area contributed by atoms with Crippen LogP contribution >= 0.6 is 0 Å². The molecule has 5 rings (SSSR count). The van der Waals surface area contributed by atoms with Crippen LogP contribution in [0.25, 0.3) is 28.3 Å². The van der Waals surface area contributed by atoms with Crippen LogP contribution in [0.3, 0.4) is 0 Å². The van der Waals surface area contributed by atoms with Crippen molar-refractivity contribution in [3.05, 3.63) is 96.8 Å². The third kappa shape index (κ3) is 4.15. The van der Waals surface area contributed by atoms with Crippen LogP contribution in [0.15, 0.2) is 91.3 Å². The molecule has 32 heavy (non-hydrogen) atoms. The van der Waals surface area contributed by atoms with Crippen LogP contribution in [-0.4, -0.2) is 30.8 Å². The van der Waals surface area contributed by atoms with Gasteiger partial charge in [0.2, 0.25) is 0 Å². The number of nitrogens with one attached hydrogen (secondary N) is 2. The van der Waals surface area contributed by atoms with E-state index in [0.29, 0.717) is 23.7 Å². The lowest BCUT2D eigenvalue weighted by atomic mass is 10.1. The van der Waals surface area contributed by atoms with Crippen molar-refractivity contribution in [3.8, 4) is 22.6 Å². The van der Waals surface area contributed by atoms with Crippen LogP contribution in [0.2, 0.25) is 0 Å². The van der Waals surface area contributed by atoms with Gasteiger partial charge in [0, 0.05) is 35.8 Å². The Labute approximate surface area is 184 Å². The van der Waals surface area contributed by atoms with Gasteiger partial charge in [0.25, 0.3) is 0 Å². The molecule has 2 N–H and O–H groups in total. The SMILES string of the molecule is O=C(NCc1ccccc1)Nc1cccc(-c2ccc3nnc(-c4cccnc4)n3n2)c1. The number of amides is 2. The van der Waals surface area contributed by atoms with E-state index in [1.807, 2.05) is 78.9 Å². The minimum absolute atomic E-state index is 0.271. The summed E-state index contributed by atoms with van der Waals surface area (Å²) in [4.78, 5) is 16.5. The average molecular weight is 421 g/mol. The van der Waals surface area contributed by atoms with E-state index in [4.69, 9.17) is 5.10 Å². The van der Waals surface area contributed by atoms with Gasteiger partial charge in [0.1, 0.15) is 0 Å². The fourth-order valence-electron chi connectivity index (χ4n) is 3.33. The van der Waals surface area contributed by atoms with Crippen LogP contribution in [0, 0.1) is 0 Å². The van der Waals surface area contributed by atoms with Gasteiger partial charge in [-0.3, -0.25) is 4.98 Å². The topological polar surface area (TPSA) is 97.1 Å². The Morgan fingerprint density at radius 3 is 2.59 bits per heavy atom. The standard InChI is InChI=1S/C24H19N7O/c32-24(26-15-17-6-2-1-3-7-17)27-20-10-4-8-18(14-20)21-11-12-22-28-29-23(31(22)30-21)19-9-5-13-25-16-19/h1-14,16H,15H2,(H2,26,27,32). The number of carbonyl (C=O) groups is 1. The summed E-state index contributed by atoms with van der Waals surface area (Å²) >= 11 is 0. The second-order valence-electron chi connectivity index (χ2n) is 7.13. The predicted molar refractivity (Wildman–Crippen MR) is 122 cm³/mol. The summed E-state index contributed by atoms with van der Waals surface area (Å²) in [7, 11) is 0. The lowest BCUT2D eigenvalue weighted by Gasteiger charge is -2.09. The van der Waals surface area contributed by atoms with E-state index in [1.54, 1.807) is 16.9 Å². The highest BCUT2D eigenvalue weighted by molar-refractivity contribution is 5.90. The Morgan fingerprint density at radius 1 is 0.875 bits per heavy atom. The van der Waals surface area contributed by atoms with Gasteiger partial charge in [0.05, 0.1) is 5.69 Å². The highest BCUT2D eigenvalue weighted by atomic mass is 16.2. The molecule has 0 radical (unpaired) electrons. The number of fused-ring (bicyclic) bond motifs is 1. The first-order valence-electron chi connectivity index (χ1n) is 10.1. The van der Waals surface area contributed by atoms with Gasteiger partial charge in [-0.1, -0.05) is 42.5 Å². The zero-order chi connectivity index (χ0) is 21.8. The average Bonchev–Trinajstić information content (AvgIpc) is 3.27. The summed E-state index contributed by atoms with van der Waals surface area (Å²) in [5.74, 6) is 0.615. The highest BCUT2D eigenvalue weighted by Gasteiger charge is 2.11. The molecule has 0 fully saturated rings. The van der Waals surface area contributed by atoms with Crippen molar-refractivity contribution in [2.45, 2.75) is 6.54 Å². The Morgan fingerprint density at radius 2 is 1.75 bits per heavy atom. The molecule has 8 nitrogen and oxygen atoms in total. The van der Waals surface area contributed by atoms with Crippen LogP contribution in [0.4, 0.5) is 10.5 Å². The van der Waals surface area contributed by atoms with E-state index in [9.17, 15) is 4.79 Å². The Bertz CT molecular complexity index is 1370. The van der Waals surface area contributed by atoms with Crippen molar-refractivity contribution in [1.29, 1.82) is 0 Å². The number of benzene rings is 2. The second kappa shape index (κ2) is 8.65. The molecule has 3 heterocycles. The summed E-state index contributed by atoms with van der Waals surface area (Å²) in [6.07, 6.45) is 3.43. The van der Waals surface area contributed by atoms with E-state index in [-0.39, 0.29) is 6.03 Å².